The topological polar surface area (TPSA) is 0 Å². The molecule has 0 amide bonds. The van der Waals surface area contributed by atoms with Crippen LogP contribution in [-0.4, -0.2) is 0 Å². The van der Waals surface area contributed by atoms with Gasteiger partial charge in [-0.2, -0.15) is 0 Å². The molecule has 0 bridgehead atoms. The van der Waals surface area contributed by atoms with Crippen molar-refractivity contribution < 1.29 is 0 Å². The minimum atomic E-state index is 0.797. The predicted octanol–water partition coefficient (Wildman–Crippen LogP) is 3.14. The van der Waals surface area contributed by atoms with Crippen molar-refractivity contribution in [2.75, 3.05) is 0 Å². The highest BCUT2D eigenvalue weighted by Crippen LogP contribution is 2.23. The highest BCUT2D eigenvalue weighted by atomic mass is 14.1. The van der Waals surface area contributed by atoms with Crippen molar-refractivity contribution in [2.24, 2.45) is 5.92 Å². The molecule has 0 fully saturated rings. The summed E-state index contributed by atoms with van der Waals surface area (Å²) >= 11 is 0. The van der Waals surface area contributed by atoms with E-state index >= 15 is 0 Å². The lowest BCUT2D eigenvalue weighted by molar-refractivity contribution is 0.620. The molecule has 0 nitrogen and oxygen atoms in total. The predicted molar refractivity (Wildman–Crippen MR) is 41.4 cm³/mol. The average molecular weight is 124 g/mol. The Morgan fingerprint density at radius 2 is 2.11 bits per heavy atom. The third-order valence-corrected chi connectivity index (χ3v) is 2.07. The van der Waals surface area contributed by atoms with Gasteiger partial charge in [-0.15, -0.1) is 0 Å². The maximum Gasteiger partial charge on any atom is -0.0260 e. The third-order valence-electron chi connectivity index (χ3n) is 2.07. The van der Waals surface area contributed by atoms with Crippen LogP contribution in [0, 0.1) is 5.92 Å². The Bertz CT molecular complexity index is 109. The smallest absolute Gasteiger partial charge is 0.0260 e. The first-order valence-corrected chi connectivity index (χ1v) is 3.99. The van der Waals surface area contributed by atoms with E-state index in [1.54, 1.807) is 5.57 Å². The standard InChI is InChI=1S/C9H16/c1-8(2)9-6-4-3-5-7-9/h6,8H,3-5,7H2,1-2H3. The van der Waals surface area contributed by atoms with Gasteiger partial charge in [0, 0.05) is 0 Å². The van der Waals surface area contributed by atoms with Gasteiger partial charge in [0.1, 0.15) is 0 Å². The first-order valence-electron chi connectivity index (χ1n) is 3.99. The SMILES string of the molecule is CC(C)C1=CCCCC1. The zero-order chi connectivity index (χ0) is 6.69. The van der Waals surface area contributed by atoms with Gasteiger partial charge >= 0.3 is 0 Å². The maximum absolute atomic E-state index is 2.42. The summed E-state index contributed by atoms with van der Waals surface area (Å²) in [5.41, 5.74) is 1.68. The van der Waals surface area contributed by atoms with Crippen molar-refractivity contribution >= 4 is 0 Å². The fourth-order valence-electron chi connectivity index (χ4n) is 1.39. The van der Waals surface area contributed by atoms with Gasteiger partial charge in [0.05, 0.1) is 0 Å². The number of hydrogen-bond donors (Lipinski definition) is 0. The Kier molecular flexibility index (Phi) is 2.32. The van der Waals surface area contributed by atoms with Gasteiger partial charge < -0.3 is 0 Å². The molecule has 0 saturated heterocycles. The summed E-state index contributed by atoms with van der Waals surface area (Å²) in [4.78, 5) is 0. The summed E-state index contributed by atoms with van der Waals surface area (Å²) in [6.45, 7) is 4.58. The molecular formula is C9H16. The van der Waals surface area contributed by atoms with E-state index in [-0.39, 0.29) is 0 Å². The zero-order valence-electron chi connectivity index (χ0n) is 6.48. The van der Waals surface area contributed by atoms with Crippen LogP contribution in [0.3, 0.4) is 0 Å². The molecule has 0 aromatic heterocycles. The number of allylic oxidation sites excluding steroid dienone is 2. The van der Waals surface area contributed by atoms with E-state index in [9.17, 15) is 0 Å². The molecule has 0 aliphatic heterocycles. The summed E-state index contributed by atoms with van der Waals surface area (Å²) in [6, 6.07) is 0. The minimum Gasteiger partial charge on any atom is -0.0851 e. The summed E-state index contributed by atoms with van der Waals surface area (Å²) < 4.78 is 0. The highest BCUT2D eigenvalue weighted by Gasteiger charge is 2.05. The van der Waals surface area contributed by atoms with Gasteiger partial charge in [-0.3, -0.25) is 0 Å². The monoisotopic (exact) mass is 124 g/mol. The Morgan fingerprint density at radius 1 is 1.33 bits per heavy atom. The van der Waals surface area contributed by atoms with E-state index in [1.165, 1.54) is 25.7 Å². The molecule has 0 spiro atoms. The Labute approximate surface area is 58.0 Å². The first-order chi connectivity index (χ1) is 4.30. The van der Waals surface area contributed by atoms with E-state index in [0.717, 1.165) is 5.92 Å². The molecular weight excluding hydrogens is 108 g/mol. The van der Waals surface area contributed by atoms with Gasteiger partial charge in [-0.05, 0) is 31.6 Å². The van der Waals surface area contributed by atoms with Crippen LogP contribution >= 0.6 is 0 Å². The van der Waals surface area contributed by atoms with Crippen LogP contribution in [0.1, 0.15) is 39.5 Å². The molecule has 0 aromatic carbocycles. The Balaban J connectivity index is 2.46. The fourth-order valence-corrected chi connectivity index (χ4v) is 1.39. The van der Waals surface area contributed by atoms with Crippen molar-refractivity contribution in [3.63, 3.8) is 0 Å². The van der Waals surface area contributed by atoms with Crippen molar-refractivity contribution in [1.82, 2.24) is 0 Å². The summed E-state index contributed by atoms with van der Waals surface area (Å²) in [5.74, 6) is 0.797. The Hall–Kier alpha value is -0.260. The molecule has 1 aliphatic rings. The molecule has 0 N–H and O–H groups in total. The molecule has 0 atom stereocenters. The molecule has 0 saturated carbocycles. The van der Waals surface area contributed by atoms with Crippen LogP contribution in [0.4, 0.5) is 0 Å². The third kappa shape index (κ3) is 1.85. The van der Waals surface area contributed by atoms with Crippen molar-refractivity contribution in [2.45, 2.75) is 39.5 Å². The van der Waals surface area contributed by atoms with Crippen molar-refractivity contribution in [3.8, 4) is 0 Å². The second-order valence-corrected chi connectivity index (χ2v) is 3.18. The molecule has 0 heterocycles. The second kappa shape index (κ2) is 3.05. The fraction of sp³-hybridized carbons (Fsp3) is 0.778. The van der Waals surface area contributed by atoms with Gasteiger partial charge in [-0.1, -0.05) is 25.5 Å². The highest BCUT2D eigenvalue weighted by molar-refractivity contribution is 5.06. The summed E-state index contributed by atoms with van der Waals surface area (Å²) in [5, 5.41) is 0. The average Bonchev–Trinajstić information content (AvgIpc) is 1.90. The molecule has 9 heavy (non-hydrogen) atoms. The van der Waals surface area contributed by atoms with Gasteiger partial charge in [0.25, 0.3) is 0 Å². The van der Waals surface area contributed by atoms with Crippen LogP contribution in [-0.2, 0) is 0 Å². The normalized spacial score (nSPS) is 20.1. The van der Waals surface area contributed by atoms with Crippen LogP contribution in [0.25, 0.3) is 0 Å². The lowest BCUT2D eigenvalue weighted by Gasteiger charge is -2.15. The van der Waals surface area contributed by atoms with E-state index < -0.39 is 0 Å². The zero-order valence-corrected chi connectivity index (χ0v) is 6.48. The lowest BCUT2D eigenvalue weighted by atomic mass is 9.92. The first kappa shape index (κ1) is 6.85. The molecule has 0 heteroatoms. The van der Waals surface area contributed by atoms with E-state index in [0.29, 0.717) is 0 Å². The Morgan fingerprint density at radius 3 is 2.44 bits per heavy atom. The number of rotatable bonds is 1. The van der Waals surface area contributed by atoms with Gasteiger partial charge in [0.15, 0.2) is 0 Å². The maximum atomic E-state index is 2.42. The van der Waals surface area contributed by atoms with Crippen LogP contribution < -0.4 is 0 Å². The number of hydrogen-bond acceptors (Lipinski definition) is 0. The minimum absolute atomic E-state index is 0.797. The van der Waals surface area contributed by atoms with Crippen molar-refractivity contribution in [3.05, 3.63) is 11.6 Å². The molecule has 1 rings (SSSR count). The molecule has 0 aromatic rings. The molecule has 1 aliphatic carbocycles. The van der Waals surface area contributed by atoms with Crippen LogP contribution in [0.2, 0.25) is 0 Å². The summed E-state index contributed by atoms with van der Waals surface area (Å²) in [6.07, 6.45) is 7.94. The second-order valence-electron chi connectivity index (χ2n) is 3.18. The van der Waals surface area contributed by atoms with Crippen LogP contribution in [0.5, 0.6) is 0 Å². The van der Waals surface area contributed by atoms with E-state index in [1.807, 2.05) is 0 Å². The van der Waals surface area contributed by atoms with Crippen molar-refractivity contribution in [1.29, 1.82) is 0 Å². The quantitative estimate of drug-likeness (QED) is 0.471. The lowest BCUT2D eigenvalue weighted by Crippen LogP contribution is -1.98. The largest absolute Gasteiger partial charge is 0.0851 e. The summed E-state index contributed by atoms with van der Waals surface area (Å²) in [7, 11) is 0. The van der Waals surface area contributed by atoms with E-state index in [4.69, 9.17) is 0 Å². The molecule has 52 valence electrons. The van der Waals surface area contributed by atoms with Gasteiger partial charge in [-0.25, -0.2) is 0 Å². The molecule has 0 radical (unpaired) electrons. The molecule has 0 unspecified atom stereocenters. The van der Waals surface area contributed by atoms with E-state index in [2.05, 4.69) is 19.9 Å². The van der Waals surface area contributed by atoms with Gasteiger partial charge in [0.2, 0.25) is 0 Å². The van der Waals surface area contributed by atoms with Crippen LogP contribution in [0.15, 0.2) is 11.6 Å².